The summed E-state index contributed by atoms with van der Waals surface area (Å²) in [6.45, 7) is 1.69. The summed E-state index contributed by atoms with van der Waals surface area (Å²) in [5, 5.41) is 4.19. The van der Waals surface area contributed by atoms with Crippen LogP contribution in [0.2, 0.25) is 0 Å². The van der Waals surface area contributed by atoms with Gasteiger partial charge in [0.05, 0.1) is 5.56 Å². The maximum atomic E-state index is 13.8. The predicted octanol–water partition coefficient (Wildman–Crippen LogP) is 1.54. The van der Waals surface area contributed by atoms with E-state index in [-0.39, 0.29) is 11.5 Å². The number of aryl methyl sites for hydroxylation is 1. The normalized spacial score (nSPS) is 10.9. The number of halogens is 1. The number of nitrogens with two attached hydrogens (primary N) is 1. The van der Waals surface area contributed by atoms with Gasteiger partial charge in [0, 0.05) is 11.1 Å². The van der Waals surface area contributed by atoms with E-state index in [1.165, 1.54) is 18.5 Å². The van der Waals surface area contributed by atoms with Crippen LogP contribution in [0.3, 0.4) is 0 Å². The van der Waals surface area contributed by atoms with E-state index in [9.17, 15) is 9.18 Å². The topological polar surface area (TPSA) is 86.7 Å². The predicted molar refractivity (Wildman–Crippen MR) is 70.6 cm³/mol. The Morgan fingerprint density at radius 1 is 1.40 bits per heavy atom. The van der Waals surface area contributed by atoms with Crippen LogP contribution in [-0.2, 0) is 0 Å². The summed E-state index contributed by atoms with van der Waals surface area (Å²) in [5.74, 6) is -0.909. The first-order valence-electron chi connectivity index (χ1n) is 5.84. The van der Waals surface area contributed by atoms with Gasteiger partial charge in [-0.25, -0.2) is 14.4 Å². The van der Waals surface area contributed by atoms with Crippen LogP contribution in [0.4, 0.5) is 10.3 Å². The number of benzene rings is 1. The molecule has 6 nitrogen and oxygen atoms in total. The van der Waals surface area contributed by atoms with Gasteiger partial charge in [-0.15, -0.1) is 5.10 Å². The molecule has 0 aliphatic heterocycles. The standard InChI is InChI=1S/C13H10FN5O/c1-7-5-9(12(20)19-6-16-13(15)18-19)8-3-2-4-10(14)11(8)17-7/h2-6H,1H3,(H2,15,18). The first kappa shape index (κ1) is 12.2. The molecule has 0 amide bonds. The third-order valence-corrected chi connectivity index (χ3v) is 2.87. The zero-order valence-corrected chi connectivity index (χ0v) is 10.5. The molecule has 0 spiro atoms. The quantitative estimate of drug-likeness (QED) is 0.725. The largest absolute Gasteiger partial charge is 0.366 e. The number of fused-ring (bicyclic) bond motifs is 1. The Morgan fingerprint density at radius 2 is 2.20 bits per heavy atom. The number of rotatable bonds is 1. The molecule has 7 heteroatoms. The lowest BCUT2D eigenvalue weighted by Gasteiger charge is -2.07. The molecule has 0 radical (unpaired) electrons. The van der Waals surface area contributed by atoms with E-state index in [0.717, 1.165) is 4.68 Å². The lowest BCUT2D eigenvalue weighted by atomic mass is 10.1. The van der Waals surface area contributed by atoms with Crippen molar-refractivity contribution in [2.45, 2.75) is 6.92 Å². The molecule has 0 aliphatic carbocycles. The first-order valence-corrected chi connectivity index (χ1v) is 5.84. The molecule has 0 aliphatic rings. The van der Waals surface area contributed by atoms with Crippen molar-refractivity contribution in [1.29, 1.82) is 0 Å². The second kappa shape index (κ2) is 4.37. The van der Waals surface area contributed by atoms with E-state index in [0.29, 0.717) is 16.6 Å². The molecule has 100 valence electrons. The Morgan fingerprint density at radius 3 is 2.90 bits per heavy atom. The van der Waals surface area contributed by atoms with Crippen LogP contribution in [0.25, 0.3) is 10.9 Å². The number of nitrogen functional groups attached to an aromatic ring is 1. The zero-order valence-electron chi connectivity index (χ0n) is 10.5. The summed E-state index contributed by atoms with van der Waals surface area (Å²) in [6.07, 6.45) is 1.22. The summed E-state index contributed by atoms with van der Waals surface area (Å²) < 4.78 is 14.8. The number of hydrogen-bond donors (Lipinski definition) is 1. The molecule has 0 bridgehead atoms. The molecule has 2 heterocycles. The van der Waals surface area contributed by atoms with E-state index >= 15 is 0 Å². The van der Waals surface area contributed by atoms with Crippen LogP contribution < -0.4 is 5.73 Å². The van der Waals surface area contributed by atoms with Crippen LogP contribution in [0, 0.1) is 12.7 Å². The Balaban J connectivity index is 2.25. The fourth-order valence-corrected chi connectivity index (χ4v) is 2.02. The van der Waals surface area contributed by atoms with Gasteiger partial charge in [0.15, 0.2) is 0 Å². The average Bonchev–Trinajstić information content (AvgIpc) is 2.85. The number of nitrogens with zero attached hydrogens (tertiary/aromatic N) is 4. The highest BCUT2D eigenvalue weighted by Crippen LogP contribution is 2.21. The van der Waals surface area contributed by atoms with Crippen molar-refractivity contribution in [2.24, 2.45) is 0 Å². The Labute approximate surface area is 113 Å². The van der Waals surface area contributed by atoms with Crippen molar-refractivity contribution in [3.05, 3.63) is 47.7 Å². The number of anilines is 1. The number of para-hydroxylation sites is 1. The molecule has 20 heavy (non-hydrogen) atoms. The minimum atomic E-state index is -0.474. The van der Waals surface area contributed by atoms with E-state index in [1.807, 2.05) is 0 Å². The lowest BCUT2D eigenvalue weighted by molar-refractivity contribution is 0.0946. The molecular weight excluding hydrogens is 261 g/mol. The molecule has 3 rings (SSSR count). The van der Waals surface area contributed by atoms with Crippen LogP contribution in [-0.4, -0.2) is 25.7 Å². The summed E-state index contributed by atoms with van der Waals surface area (Å²) in [7, 11) is 0. The lowest BCUT2D eigenvalue weighted by Crippen LogP contribution is -2.14. The van der Waals surface area contributed by atoms with Crippen LogP contribution in [0.5, 0.6) is 0 Å². The van der Waals surface area contributed by atoms with E-state index in [1.54, 1.807) is 19.1 Å². The fraction of sp³-hybridized carbons (Fsp3) is 0.0769. The van der Waals surface area contributed by atoms with Gasteiger partial charge in [0.2, 0.25) is 5.95 Å². The minimum Gasteiger partial charge on any atom is -0.366 e. The third kappa shape index (κ3) is 1.89. The first-order chi connectivity index (χ1) is 9.56. The number of carbonyl (C=O) groups is 1. The SMILES string of the molecule is Cc1cc(C(=O)n2cnc(N)n2)c2cccc(F)c2n1. The van der Waals surface area contributed by atoms with Gasteiger partial charge in [-0.2, -0.15) is 4.68 Å². The monoisotopic (exact) mass is 271 g/mol. The van der Waals surface area contributed by atoms with Crippen molar-refractivity contribution < 1.29 is 9.18 Å². The van der Waals surface area contributed by atoms with Gasteiger partial charge in [-0.1, -0.05) is 12.1 Å². The molecular formula is C13H10FN5O. The van der Waals surface area contributed by atoms with E-state index < -0.39 is 11.7 Å². The molecule has 2 aromatic heterocycles. The molecule has 2 N–H and O–H groups in total. The highest BCUT2D eigenvalue weighted by Gasteiger charge is 2.16. The van der Waals surface area contributed by atoms with Crippen molar-refractivity contribution in [3.8, 4) is 0 Å². The Hall–Kier alpha value is -2.83. The van der Waals surface area contributed by atoms with Gasteiger partial charge in [-0.3, -0.25) is 4.79 Å². The molecule has 0 saturated heterocycles. The van der Waals surface area contributed by atoms with Gasteiger partial charge in [0.25, 0.3) is 5.91 Å². The number of carbonyl (C=O) groups excluding carboxylic acids is 1. The minimum absolute atomic E-state index is 0.000357. The maximum absolute atomic E-state index is 13.8. The molecule has 1 aromatic carbocycles. The molecule has 0 fully saturated rings. The van der Waals surface area contributed by atoms with E-state index in [2.05, 4.69) is 15.1 Å². The third-order valence-electron chi connectivity index (χ3n) is 2.87. The second-order valence-electron chi connectivity index (χ2n) is 4.30. The summed E-state index contributed by atoms with van der Waals surface area (Å²) >= 11 is 0. The van der Waals surface area contributed by atoms with Gasteiger partial charge < -0.3 is 5.73 Å². The summed E-state index contributed by atoms with van der Waals surface area (Å²) in [5.41, 5.74) is 6.39. The van der Waals surface area contributed by atoms with Crippen LogP contribution >= 0.6 is 0 Å². The zero-order chi connectivity index (χ0) is 14.3. The number of pyridine rings is 1. The number of hydrogen-bond acceptors (Lipinski definition) is 5. The highest BCUT2D eigenvalue weighted by molar-refractivity contribution is 6.06. The second-order valence-corrected chi connectivity index (χ2v) is 4.30. The van der Waals surface area contributed by atoms with Crippen molar-refractivity contribution in [1.82, 2.24) is 19.7 Å². The van der Waals surface area contributed by atoms with Gasteiger partial charge in [-0.05, 0) is 19.1 Å². The maximum Gasteiger partial charge on any atom is 0.280 e. The molecule has 0 unspecified atom stereocenters. The summed E-state index contributed by atoms with van der Waals surface area (Å²) in [4.78, 5) is 20.2. The van der Waals surface area contributed by atoms with Gasteiger partial charge >= 0.3 is 0 Å². The molecule has 0 saturated carbocycles. The van der Waals surface area contributed by atoms with Crippen molar-refractivity contribution >= 4 is 22.8 Å². The van der Waals surface area contributed by atoms with Crippen LogP contribution in [0.1, 0.15) is 16.1 Å². The number of aromatic nitrogens is 4. The molecule has 3 aromatic rings. The van der Waals surface area contributed by atoms with Crippen molar-refractivity contribution in [2.75, 3.05) is 5.73 Å². The van der Waals surface area contributed by atoms with E-state index in [4.69, 9.17) is 5.73 Å². The summed E-state index contributed by atoms with van der Waals surface area (Å²) in [6, 6.07) is 6.05. The van der Waals surface area contributed by atoms with Gasteiger partial charge in [0.1, 0.15) is 17.7 Å². The Kier molecular flexibility index (Phi) is 2.67. The average molecular weight is 271 g/mol. The smallest absolute Gasteiger partial charge is 0.280 e. The van der Waals surface area contributed by atoms with Crippen LogP contribution in [0.15, 0.2) is 30.6 Å². The van der Waals surface area contributed by atoms with Crippen molar-refractivity contribution in [3.63, 3.8) is 0 Å². The Bertz CT molecular complexity index is 827. The fourth-order valence-electron chi connectivity index (χ4n) is 2.02. The highest BCUT2D eigenvalue weighted by atomic mass is 19.1. The molecule has 0 atom stereocenters.